The Labute approximate surface area is 117 Å². The van der Waals surface area contributed by atoms with E-state index in [1.165, 1.54) is 30.4 Å². The topological polar surface area (TPSA) is 50.4 Å². The highest BCUT2D eigenvalue weighted by Crippen LogP contribution is 2.25. The predicted octanol–water partition coefficient (Wildman–Crippen LogP) is 2.96. The van der Waals surface area contributed by atoms with Gasteiger partial charge in [0.2, 0.25) is 0 Å². The molecule has 1 aliphatic rings. The zero-order chi connectivity index (χ0) is 13.0. The molecule has 1 aromatic rings. The van der Waals surface area contributed by atoms with Crippen molar-refractivity contribution in [3.8, 4) is 0 Å². The Kier molecular flexibility index (Phi) is 4.64. The van der Waals surface area contributed by atoms with Gasteiger partial charge in [-0.3, -0.25) is 0 Å². The normalized spacial score (nSPS) is 16.4. The summed E-state index contributed by atoms with van der Waals surface area (Å²) in [4.78, 5) is 4.38. The fourth-order valence-electron chi connectivity index (χ4n) is 2.00. The number of benzene rings is 1. The Hall–Kier alpha value is -1.03. The molecule has 98 valence electrons. The summed E-state index contributed by atoms with van der Waals surface area (Å²) in [6.45, 7) is 3.66. The van der Waals surface area contributed by atoms with Crippen LogP contribution in [0.2, 0.25) is 0 Å². The smallest absolute Gasteiger partial charge is 0.188 e. The van der Waals surface area contributed by atoms with E-state index in [0.29, 0.717) is 12.5 Å². The number of guanidine groups is 1. The number of halogens is 1. The van der Waals surface area contributed by atoms with Gasteiger partial charge in [-0.1, -0.05) is 40.0 Å². The zero-order valence-electron chi connectivity index (χ0n) is 10.7. The number of nitrogens with two attached hydrogens (primary N) is 1. The van der Waals surface area contributed by atoms with Crippen molar-refractivity contribution in [2.24, 2.45) is 16.6 Å². The van der Waals surface area contributed by atoms with Crippen molar-refractivity contribution in [3.05, 3.63) is 33.8 Å². The Bertz CT molecular complexity index is 439. The minimum atomic E-state index is 0.551. The molecule has 3 nitrogen and oxygen atoms in total. The lowest BCUT2D eigenvalue weighted by molar-refractivity contribution is 0.315. The number of hydrogen-bond acceptors (Lipinski definition) is 1. The van der Waals surface area contributed by atoms with Crippen LogP contribution in [0.25, 0.3) is 0 Å². The molecule has 0 saturated heterocycles. The van der Waals surface area contributed by atoms with Crippen LogP contribution < -0.4 is 11.1 Å². The van der Waals surface area contributed by atoms with E-state index in [1.807, 2.05) is 0 Å². The van der Waals surface area contributed by atoms with Crippen molar-refractivity contribution in [2.45, 2.75) is 32.7 Å². The molecule has 0 atom stereocenters. The van der Waals surface area contributed by atoms with E-state index in [9.17, 15) is 0 Å². The second kappa shape index (κ2) is 6.23. The molecule has 1 aliphatic carbocycles. The van der Waals surface area contributed by atoms with E-state index in [1.54, 1.807) is 0 Å². The highest BCUT2D eigenvalue weighted by molar-refractivity contribution is 9.10. The van der Waals surface area contributed by atoms with E-state index in [2.05, 4.69) is 51.4 Å². The number of nitrogens with zero attached hydrogens (tertiary/aromatic N) is 1. The van der Waals surface area contributed by atoms with Crippen molar-refractivity contribution >= 4 is 21.9 Å². The maximum Gasteiger partial charge on any atom is 0.188 e. The molecule has 4 heteroatoms. The molecule has 0 amide bonds. The average Bonchev–Trinajstić information content (AvgIpc) is 2.28. The first-order chi connectivity index (χ1) is 8.65. The fraction of sp³-hybridized carbons (Fsp3) is 0.500. The first kappa shape index (κ1) is 13.4. The van der Waals surface area contributed by atoms with Gasteiger partial charge in [-0.05, 0) is 37.3 Å². The second-order valence-corrected chi connectivity index (χ2v) is 5.83. The van der Waals surface area contributed by atoms with E-state index in [0.717, 1.165) is 16.9 Å². The Balaban J connectivity index is 1.86. The average molecular weight is 310 g/mol. The van der Waals surface area contributed by atoms with Crippen molar-refractivity contribution in [3.63, 3.8) is 0 Å². The Morgan fingerprint density at radius 2 is 2.28 bits per heavy atom. The predicted molar refractivity (Wildman–Crippen MR) is 79.5 cm³/mol. The van der Waals surface area contributed by atoms with E-state index >= 15 is 0 Å². The van der Waals surface area contributed by atoms with Gasteiger partial charge in [-0.25, -0.2) is 4.99 Å². The minimum absolute atomic E-state index is 0.551. The van der Waals surface area contributed by atoms with Crippen LogP contribution in [0.1, 0.15) is 30.4 Å². The third-order valence-corrected chi connectivity index (χ3v) is 4.19. The molecule has 1 aromatic carbocycles. The van der Waals surface area contributed by atoms with Gasteiger partial charge in [0.25, 0.3) is 0 Å². The number of nitrogens with one attached hydrogen (secondary N) is 1. The molecular formula is C14H20BrN3. The molecule has 0 aliphatic heterocycles. The van der Waals surface area contributed by atoms with Crippen LogP contribution in [-0.4, -0.2) is 12.5 Å². The lowest BCUT2D eigenvalue weighted by Crippen LogP contribution is -2.37. The summed E-state index contributed by atoms with van der Waals surface area (Å²) in [6.07, 6.45) is 4.01. The Morgan fingerprint density at radius 3 is 2.94 bits per heavy atom. The molecule has 0 spiro atoms. The van der Waals surface area contributed by atoms with Crippen molar-refractivity contribution in [1.29, 1.82) is 0 Å². The van der Waals surface area contributed by atoms with Crippen molar-refractivity contribution in [1.82, 2.24) is 5.32 Å². The van der Waals surface area contributed by atoms with Gasteiger partial charge in [0, 0.05) is 11.0 Å². The molecule has 2 rings (SSSR count). The monoisotopic (exact) mass is 309 g/mol. The van der Waals surface area contributed by atoms with Gasteiger partial charge >= 0.3 is 0 Å². The summed E-state index contributed by atoms with van der Waals surface area (Å²) in [5.74, 6) is 1.35. The minimum Gasteiger partial charge on any atom is -0.370 e. The van der Waals surface area contributed by atoms with Gasteiger partial charge in [0.1, 0.15) is 0 Å². The largest absolute Gasteiger partial charge is 0.370 e. The second-order valence-electron chi connectivity index (χ2n) is 4.97. The summed E-state index contributed by atoms with van der Waals surface area (Å²) in [6, 6.07) is 6.26. The number of hydrogen-bond donors (Lipinski definition) is 2. The summed E-state index contributed by atoms with van der Waals surface area (Å²) in [5, 5.41) is 3.20. The molecule has 3 N–H and O–H groups in total. The van der Waals surface area contributed by atoms with E-state index in [-0.39, 0.29) is 0 Å². The molecule has 1 saturated carbocycles. The Morgan fingerprint density at radius 1 is 1.50 bits per heavy atom. The van der Waals surface area contributed by atoms with Crippen LogP contribution in [-0.2, 0) is 6.54 Å². The molecule has 18 heavy (non-hydrogen) atoms. The highest BCUT2D eigenvalue weighted by Gasteiger charge is 2.16. The van der Waals surface area contributed by atoms with Crippen LogP contribution in [0.4, 0.5) is 0 Å². The standard InChI is InChI=1S/C14H20BrN3/c1-10-5-6-13(15)12(7-10)9-18-14(16)17-8-11-3-2-4-11/h5-7,11H,2-4,8-9H2,1H3,(H3,16,17,18). The molecule has 0 heterocycles. The SMILES string of the molecule is Cc1ccc(Br)c(CN=C(N)NCC2CCC2)c1. The molecule has 0 unspecified atom stereocenters. The maximum atomic E-state index is 5.86. The summed E-state index contributed by atoms with van der Waals surface area (Å²) in [7, 11) is 0. The third kappa shape index (κ3) is 3.73. The van der Waals surface area contributed by atoms with Gasteiger partial charge in [-0.2, -0.15) is 0 Å². The van der Waals surface area contributed by atoms with Crippen molar-refractivity contribution < 1.29 is 0 Å². The summed E-state index contributed by atoms with van der Waals surface area (Å²) < 4.78 is 1.09. The molecular weight excluding hydrogens is 290 g/mol. The van der Waals surface area contributed by atoms with Crippen LogP contribution in [0.3, 0.4) is 0 Å². The first-order valence-electron chi connectivity index (χ1n) is 6.44. The quantitative estimate of drug-likeness (QED) is 0.663. The molecule has 1 fully saturated rings. The highest BCUT2D eigenvalue weighted by atomic mass is 79.9. The molecule has 0 aromatic heterocycles. The summed E-state index contributed by atoms with van der Waals surface area (Å²) in [5.41, 5.74) is 8.27. The zero-order valence-corrected chi connectivity index (χ0v) is 12.3. The fourth-order valence-corrected chi connectivity index (χ4v) is 2.37. The van der Waals surface area contributed by atoms with Crippen LogP contribution in [0, 0.1) is 12.8 Å². The van der Waals surface area contributed by atoms with Crippen LogP contribution in [0.5, 0.6) is 0 Å². The maximum absolute atomic E-state index is 5.86. The summed E-state index contributed by atoms with van der Waals surface area (Å²) >= 11 is 3.53. The molecule has 0 bridgehead atoms. The van der Waals surface area contributed by atoms with Crippen molar-refractivity contribution in [2.75, 3.05) is 6.54 Å². The van der Waals surface area contributed by atoms with Crippen LogP contribution in [0.15, 0.2) is 27.7 Å². The van der Waals surface area contributed by atoms with Gasteiger partial charge in [-0.15, -0.1) is 0 Å². The van der Waals surface area contributed by atoms with E-state index < -0.39 is 0 Å². The van der Waals surface area contributed by atoms with Gasteiger partial charge < -0.3 is 11.1 Å². The number of rotatable bonds is 4. The lowest BCUT2D eigenvalue weighted by Gasteiger charge is -2.25. The number of aliphatic imine (C=N–C) groups is 1. The number of aryl methyl sites for hydroxylation is 1. The third-order valence-electron chi connectivity index (χ3n) is 3.42. The van der Waals surface area contributed by atoms with E-state index in [4.69, 9.17) is 5.73 Å². The lowest BCUT2D eigenvalue weighted by atomic mass is 9.85. The van der Waals surface area contributed by atoms with Gasteiger partial charge in [0.15, 0.2) is 5.96 Å². The molecule has 0 radical (unpaired) electrons. The first-order valence-corrected chi connectivity index (χ1v) is 7.23. The van der Waals surface area contributed by atoms with Crippen LogP contribution >= 0.6 is 15.9 Å². The van der Waals surface area contributed by atoms with Gasteiger partial charge in [0.05, 0.1) is 6.54 Å².